The van der Waals surface area contributed by atoms with E-state index in [2.05, 4.69) is 15.1 Å². The third kappa shape index (κ3) is 2.68. The molecule has 0 saturated heterocycles. The molecule has 0 aliphatic carbocycles. The number of benzene rings is 1. The van der Waals surface area contributed by atoms with Gasteiger partial charge in [0.15, 0.2) is 0 Å². The Hall–Kier alpha value is -2.53. The maximum Gasteiger partial charge on any atom is 0.235 e. The van der Waals surface area contributed by atoms with E-state index >= 15 is 0 Å². The Kier molecular flexibility index (Phi) is 3.75. The quantitative estimate of drug-likeness (QED) is 0.794. The standard InChI is InChI=1S/C16H16N4O/c1-11-10-18-8-7-13(11)15-19-16(21-20-15)14(9-17)12-5-3-2-4-6-12/h2-8,10,14H,9,17H2,1H3. The summed E-state index contributed by atoms with van der Waals surface area (Å²) in [6.45, 7) is 2.39. The van der Waals surface area contributed by atoms with Crippen LogP contribution in [0, 0.1) is 6.92 Å². The Morgan fingerprint density at radius 1 is 1.19 bits per heavy atom. The summed E-state index contributed by atoms with van der Waals surface area (Å²) in [6.07, 6.45) is 3.50. The summed E-state index contributed by atoms with van der Waals surface area (Å²) in [5.74, 6) is 1.02. The van der Waals surface area contributed by atoms with E-state index in [1.807, 2.05) is 43.3 Å². The number of pyridine rings is 1. The number of hydrogen-bond donors (Lipinski definition) is 1. The zero-order valence-electron chi connectivity index (χ0n) is 11.7. The summed E-state index contributed by atoms with van der Waals surface area (Å²) in [7, 11) is 0. The molecule has 2 N–H and O–H groups in total. The highest BCUT2D eigenvalue weighted by Crippen LogP contribution is 2.25. The van der Waals surface area contributed by atoms with Crippen LogP contribution in [0.5, 0.6) is 0 Å². The fourth-order valence-electron chi connectivity index (χ4n) is 2.28. The Labute approximate surface area is 122 Å². The van der Waals surface area contributed by atoms with Gasteiger partial charge in [-0.25, -0.2) is 0 Å². The van der Waals surface area contributed by atoms with Gasteiger partial charge in [0, 0.05) is 24.5 Å². The van der Waals surface area contributed by atoms with Gasteiger partial charge in [0.25, 0.3) is 0 Å². The lowest BCUT2D eigenvalue weighted by Gasteiger charge is -2.09. The van der Waals surface area contributed by atoms with Gasteiger partial charge in [0.2, 0.25) is 11.7 Å². The largest absolute Gasteiger partial charge is 0.338 e. The van der Waals surface area contributed by atoms with E-state index in [4.69, 9.17) is 10.3 Å². The lowest BCUT2D eigenvalue weighted by molar-refractivity contribution is 0.367. The van der Waals surface area contributed by atoms with Crippen LogP contribution in [0.1, 0.15) is 22.9 Å². The highest BCUT2D eigenvalue weighted by atomic mass is 16.5. The third-order valence-electron chi connectivity index (χ3n) is 3.44. The lowest BCUT2D eigenvalue weighted by atomic mass is 9.99. The van der Waals surface area contributed by atoms with Gasteiger partial charge < -0.3 is 10.3 Å². The Balaban J connectivity index is 1.96. The average molecular weight is 280 g/mol. The van der Waals surface area contributed by atoms with Crippen LogP contribution >= 0.6 is 0 Å². The van der Waals surface area contributed by atoms with Crippen molar-refractivity contribution in [2.24, 2.45) is 5.73 Å². The van der Waals surface area contributed by atoms with E-state index in [9.17, 15) is 0 Å². The van der Waals surface area contributed by atoms with E-state index in [0.29, 0.717) is 18.3 Å². The second kappa shape index (κ2) is 5.85. The van der Waals surface area contributed by atoms with Crippen LogP contribution in [-0.2, 0) is 0 Å². The van der Waals surface area contributed by atoms with Gasteiger partial charge in [0.1, 0.15) is 0 Å². The van der Waals surface area contributed by atoms with Crippen molar-refractivity contribution in [1.29, 1.82) is 0 Å². The molecular formula is C16H16N4O. The number of rotatable bonds is 4. The van der Waals surface area contributed by atoms with Gasteiger partial charge in [-0.05, 0) is 24.1 Å². The molecule has 21 heavy (non-hydrogen) atoms. The molecule has 5 nitrogen and oxygen atoms in total. The van der Waals surface area contributed by atoms with Crippen LogP contribution in [0.2, 0.25) is 0 Å². The second-order valence-electron chi connectivity index (χ2n) is 4.85. The van der Waals surface area contributed by atoms with Gasteiger partial charge in [-0.1, -0.05) is 35.5 Å². The van der Waals surface area contributed by atoms with Crippen molar-refractivity contribution in [2.75, 3.05) is 6.54 Å². The number of aromatic nitrogens is 3. The Morgan fingerprint density at radius 3 is 2.71 bits per heavy atom. The van der Waals surface area contributed by atoms with Crippen molar-refractivity contribution in [2.45, 2.75) is 12.8 Å². The van der Waals surface area contributed by atoms with Gasteiger partial charge in [-0.2, -0.15) is 4.98 Å². The molecule has 3 aromatic rings. The molecule has 1 atom stereocenters. The Morgan fingerprint density at radius 2 is 2.00 bits per heavy atom. The summed E-state index contributed by atoms with van der Waals surface area (Å²) in [5, 5.41) is 4.07. The molecule has 3 rings (SSSR count). The molecule has 0 saturated carbocycles. The molecule has 0 aliphatic heterocycles. The zero-order valence-corrected chi connectivity index (χ0v) is 11.7. The van der Waals surface area contributed by atoms with E-state index in [0.717, 1.165) is 16.7 Å². The minimum Gasteiger partial charge on any atom is -0.338 e. The van der Waals surface area contributed by atoms with Gasteiger partial charge in [-0.15, -0.1) is 0 Å². The van der Waals surface area contributed by atoms with Crippen molar-refractivity contribution in [1.82, 2.24) is 15.1 Å². The summed E-state index contributed by atoms with van der Waals surface area (Å²) >= 11 is 0. The molecule has 0 spiro atoms. The van der Waals surface area contributed by atoms with Crippen LogP contribution in [-0.4, -0.2) is 21.7 Å². The minimum atomic E-state index is -0.0883. The molecular weight excluding hydrogens is 264 g/mol. The molecule has 5 heteroatoms. The van der Waals surface area contributed by atoms with Crippen LogP contribution in [0.15, 0.2) is 53.3 Å². The molecule has 0 fully saturated rings. The van der Waals surface area contributed by atoms with Crippen LogP contribution in [0.3, 0.4) is 0 Å². The first kappa shape index (κ1) is 13.5. The highest BCUT2D eigenvalue weighted by Gasteiger charge is 2.20. The summed E-state index contributed by atoms with van der Waals surface area (Å²) in [5.41, 5.74) is 8.88. The SMILES string of the molecule is Cc1cnccc1-c1noc(C(CN)c2ccccc2)n1. The number of nitrogens with two attached hydrogens (primary N) is 1. The first-order chi connectivity index (χ1) is 10.3. The highest BCUT2D eigenvalue weighted by molar-refractivity contribution is 5.58. The first-order valence-electron chi connectivity index (χ1n) is 6.79. The number of nitrogens with zero attached hydrogens (tertiary/aromatic N) is 3. The predicted molar refractivity (Wildman–Crippen MR) is 79.6 cm³/mol. The summed E-state index contributed by atoms with van der Waals surface area (Å²) < 4.78 is 5.42. The predicted octanol–water partition coefficient (Wildman–Crippen LogP) is 2.53. The molecule has 0 amide bonds. The molecule has 2 heterocycles. The maximum absolute atomic E-state index is 5.88. The molecule has 106 valence electrons. The van der Waals surface area contributed by atoms with Crippen molar-refractivity contribution in [3.05, 3.63) is 65.8 Å². The smallest absolute Gasteiger partial charge is 0.235 e. The van der Waals surface area contributed by atoms with Crippen LogP contribution in [0.25, 0.3) is 11.4 Å². The third-order valence-corrected chi connectivity index (χ3v) is 3.44. The van der Waals surface area contributed by atoms with E-state index < -0.39 is 0 Å². The average Bonchev–Trinajstić information content (AvgIpc) is 2.99. The maximum atomic E-state index is 5.88. The van der Waals surface area contributed by atoms with Crippen LogP contribution < -0.4 is 5.73 Å². The monoisotopic (exact) mass is 280 g/mol. The van der Waals surface area contributed by atoms with Crippen molar-refractivity contribution < 1.29 is 4.52 Å². The normalized spacial score (nSPS) is 12.3. The number of aryl methyl sites for hydroxylation is 1. The van der Waals surface area contributed by atoms with Crippen LogP contribution in [0.4, 0.5) is 0 Å². The van der Waals surface area contributed by atoms with E-state index in [-0.39, 0.29) is 5.92 Å². The molecule has 0 radical (unpaired) electrons. The van der Waals surface area contributed by atoms with Gasteiger partial charge in [-0.3, -0.25) is 4.98 Å². The molecule has 0 bridgehead atoms. The fraction of sp³-hybridized carbons (Fsp3) is 0.188. The lowest BCUT2D eigenvalue weighted by Crippen LogP contribution is -2.14. The van der Waals surface area contributed by atoms with E-state index in [1.54, 1.807) is 12.4 Å². The van der Waals surface area contributed by atoms with Crippen molar-refractivity contribution in [3.63, 3.8) is 0 Å². The summed E-state index contributed by atoms with van der Waals surface area (Å²) in [4.78, 5) is 8.57. The molecule has 1 unspecified atom stereocenters. The van der Waals surface area contributed by atoms with Gasteiger partial charge >= 0.3 is 0 Å². The number of hydrogen-bond acceptors (Lipinski definition) is 5. The first-order valence-corrected chi connectivity index (χ1v) is 6.79. The molecule has 1 aromatic carbocycles. The second-order valence-corrected chi connectivity index (χ2v) is 4.85. The fourth-order valence-corrected chi connectivity index (χ4v) is 2.28. The topological polar surface area (TPSA) is 77.8 Å². The zero-order chi connectivity index (χ0) is 14.7. The molecule has 2 aromatic heterocycles. The minimum absolute atomic E-state index is 0.0883. The van der Waals surface area contributed by atoms with Gasteiger partial charge in [0.05, 0.1) is 5.92 Å². The Bertz CT molecular complexity index is 724. The van der Waals surface area contributed by atoms with Crippen molar-refractivity contribution in [3.8, 4) is 11.4 Å². The summed E-state index contributed by atoms with van der Waals surface area (Å²) in [6, 6.07) is 11.8. The molecule has 0 aliphatic rings. The van der Waals surface area contributed by atoms with Crippen molar-refractivity contribution >= 4 is 0 Å². The van der Waals surface area contributed by atoms with E-state index in [1.165, 1.54) is 0 Å².